The molecule has 0 saturated heterocycles. The fraction of sp³-hybridized carbons (Fsp3) is 0.154. The Morgan fingerprint density at radius 3 is 2.74 bits per heavy atom. The van der Waals surface area contributed by atoms with Crippen molar-refractivity contribution in [2.75, 3.05) is 5.73 Å². The van der Waals surface area contributed by atoms with Gasteiger partial charge in [-0.2, -0.15) is 4.98 Å². The molecule has 0 aliphatic heterocycles. The van der Waals surface area contributed by atoms with Crippen LogP contribution in [-0.2, 0) is 13.6 Å². The molecule has 2 heterocycles. The van der Waals surface area contributed by atoms with E-state index in [1.807, 2.05) is 34.9 Å². The molecule has 6 heteroatoms. The lowest BCUT2D eigenvalue weighted by atomic mass is 10.2. The van der Waals surface area contributed by atoms with Crippen LogP contribution < -0.4 is 11.4 Å². The van der Waals surface area contributed by atoms with Gasteiger partial charge in [-0.25, -0.2) is 9.78 Å². The number of nitrogens with zero attached hydrogens (tertiary/aromatic N) is 4. The number of nitrogens with two attached hydrogens (primary N) is 1. The Morgan fingerprint density at radius 1 is 1.26 bits per heavy atom. The zero-order valence-corrected chi connectivity index (χ0v) is 10.4. The van der Waals surface area contributed by atoms with Crippen molar-refractivity contribution in [3.8, 4) is 0 Å². The molecule has 0 aliphatic carbocycles. The number of rotatable bonds is 2. The Bertz CT molecular complexity index is 788. The number of anilines is 1. The predicted octanol–water partition coefficient (Wildman–Crippen LogP) is 0.761. The number of imidazole rings is 1. The van der Waals surface area contributed by atoms with Gasteiger partial charge in [0.2, 0.25) is 0 Å². The van der Waals surface area contributed by atoms with Crippen LogP contribution in [0, 0.1) is 0 Å². The van der Waals surface area contributed by atoms with Gasteiger partial charge in [0.25, 0.3) is 0 Å². The van der Waals surface area contributed by atoms with Crippen molar-refractivity contribution >= 4 is 17.0 Å². The number of nitrogen functional groups attached to an aromatic ring is 1. The van der Waals surface area contributed by atoms with Crippen LogP contribution in [0.5, 0.6) is 0 Å². The minimum absolute atomic E-state index is 0.335. The van der Waals surface area contributed by atoms with Crippen molar-refractivity contribution in [2.45, 2.75) is 6.54 Å². The molecule has 19 heavy (non-hydrogen) atoms. The highest BCUT2D eigenvalue weighted by Crippen LogP contribution is 2.15. The second-order valence-electron chi connectivity index (χ2n) is 4.37. The van der Waals surface area contributed by atoms with E-state index in [9.17, 15) is 4.79 Å². The van der Waals surface area contributed by atoms with Crippen molar-refractivity contribution in [1.29, 1.82) is 0 Å². The van der Waals surface area contributed by atoms with Gasteiger partial charge in [0.05, 0.1) is 12.9 Å². The van der Waals surface area contributed by atoms with Crippen molar-refractivity contribution in [2.24, 2.45) is 7.05 Å². The van der Waals surface area contributed by atoms with Crippen molar-refractivity contribution in [3.63, 3.8) is 0 Å². The highest BCUT2D eigenvalue weighted by Gasteiger charge is 2.11. The normalized spacial score (nSPS) is 11.0. The summed E-state index contributed by atoms with van der Waals surface area (Å²) < 4.78 is 3.12. The summed E-state index contributed by atoms with van der Waals surface area (Å²) in [6.45, 7) is 0.608. The lowest BCUT2D eigenvalue weighted by Gasteiger charge is -2.05. The van der Waals surface area contributed by atoms with Crippen molar-refractivity contribution in [3.05, 3.63) is 52.7 Å². The maximum Gasteiger partial charge on any atom is 0.350 e. The first-order valence-electron chi connectivity index (χ1n) is 5.88. The fourth-order valence-electron chi connectivity index (χ4n) is 2.00. The molecule has 2 N–H and O–H groups in total. The fourth-order valence-corrected chi connectivity index (χ4v) is 2.00. The lowest BCUT2D eigenvalue weighted by Crippen LogP contribution is -2.23. The first-order chi connectivity index (χ1) is 9.16. The zero-order valence-electron chi connectivity index (χ0n) is 10.4. The summed E-state index contributed by atoms with van der Waals surface area (Å²) >= 11 is 0. The van der Waals surface area contributed by atoms with Crippen molar-refractivity contribution in [1.82, 2.24) is 19.1 Å². The number of aromatic nitrogens is 4. The summed E-state index contributed by atoms with van der Waals surface area (Å²) in [6, 6.07) is 9.92. The quantitative estimate of drug-likeness (QED) is 0.733. The Balaban J connectivity index is 2.14. The summed E-state index contributed by atoms with van der Waals surface area (Å²) in [6.07, 6.45) is 1.65. The molecule has 6 nitrogen and oxygen atoms in total. The topological polar surface area (TPSA) is 78.7 Å². The molecule has 1 aromatic carbocycles. The minimum Gasteiger partial charge on any atom is -0.383 e. The monoisotopic (exact) mass is 255 g/mol. The molecule has 0 fully saturated rings. The molecular weight excluding hydrogens is 242 g/mol. The molecule has 0 aliphatic rings. The first-order valence-corrected chi connectivity index (χ1v) is 5.88. The van der Waals surface area contributed by atoms with Crippen LogP contribution in [0.3, 0.4) is 0 Å². The molecule has 0 amide bonds. The Morgan fingerprint density at radius 2 is 2.00 bits per heavy atom. The van der Waals surface area contributed by atoms with Crippen LogP contribution in [0.15, 0.2) is 41.5 Å². The molecule has 3 aromatic rings. The Labute approximate surface area is 109 Å². The van der Waals surface area contributed by atoms with Crippen LogP contribution in [0.4, 0.5) is 5.82 Å². The average Bonchev–Trinajstić information content (AvgIpc) is 2.81. The van der Waals surface area contributed by atoms with Crippen LogP contribution in [0.2, 0.25) is 0 Å². The molecule has 0 bridgehead atoms. The van der Waals surface area contributed by atoms with Crippen LogP contribution in [0.1, 0.15) is 5.56 Å². The van der Waals surface area contributed by atoms with Gasteiger partial charge in [-0.3, -0.25) is 4.57 Å². The molecule has 0 saturated carbocycles. The summed E-state index contributed by atoms with van der Waals surface area (Å²) in [7, 11) is 1.58. The van der Waals surface area contributed by atoms with Crippen LogP contribution in [-0.4, -0.2) is 19.1 Å². The molecule has 0 radical (unpaired) electrons. The van der Waals surface area contributed by atoms with Crippen LogP contribution in [0.25, 0.3) is 11.2 Å². The van der Waals surface area contributed by atoms with E-state index in [-0.39, 0.29) is 5.69 Å². The Hall–Kier alpha value is -2.63. The minimum atomic E-state index is -0.375. The third kappa shape index (κ3) is 1.87. The van der Waals surface area contributed by atoms with Gasteiger partial charge in [0, 0.05) is 7.05 Å². The summed E-state index contributed by atoms with van der Waals surface area (Å²) in [5.74, 6) is 0.335. The molecule has 0 atom stereocenters. The molecule has 0 unspecified atom stereocenters. The van der Waals surface area contributed by atoms with Crippen LogP contribution >= 0.6 is 0 Å². The zero-order chi connectivity index (χ0) is 13.4. The lowest BCUT2D eigenvalue weighted by molar-refractivity contribution is 0.792. The average molecular weight is 255 g/mol. The van der Waals surface area contributed by atoms with E-state index < -0.39 is 0 Å². The summed E-state index contributed by atoms with van der Waals surface area (Å²) in [4.78, 5) is 19.9. The first kappa shape index (κ1) is 11.5. The highest BCUT2D eigenvalue weighted by molar-refractivity contribution is 5.81. The van der Waals surface area contributed by atoms with Crippen molar-refractivity contribution < 1.29 is 0 Å². The van der Waals surface area contributed by atoms with E-state index in [0.29, 0.717) is 23.5 Å². The van der Waals surface area contributed by atoms with E-state index >= 15 is 0 Å². The molecular formula is C13H13N5O. The molecule has 0 spiro atoms. The largest absolute Gasteiger partial charge is 0.383 e. The number of hydrogen-bond donors (Lipinski definition) is 1. The summed E-state index contributed by atoms with van der Waals surface area (Å²) in [5.41, 5.74) is 7.68. The van der Waals surface area contributed by atoms with E-state index in [1.165, 1.54) is 4.57 Å². The van der Waals surface area contributed by atoms with Gasteiger partial charge in [-0.1, -0.05) is 30.3 Å². The number of benzene rings is 1. The molecule has 96 valence electrons. The van der Waals surface area contributed by atoms with Gasteiger partial charge in [-0.15, -0.1) is 0 Å². The maximum atomic E-state index is 11.7. The standard InChI is InChI=1S/C13H13N5O/c1-17-11(14)10-12(16-13(17)19)18(8-15-10)7-9-5-3-2-4-6-9/h2-6,8H,7,14H2,1H3. The van der Waals surface area contributed by atoms with E-state index in [1.54, 1.807) is 13.4 Å². The van der Waals surface area contributed by atoms with Gasteiger partial charge < -0.3 is 10.3 Å². The van der Waals surface area contributed by atoms with Gasteiger partial charge in [0.1, 0.15) is 11.3 Å². The van der Waals surface area contributed by atoms with E-state index in [4.69, 9.17) is 5.73 Å². The predicted molar refractivity (Wildman–Crippen MR) is 72.7 cm³/mol. The smallest absolute Gasteiger partial charge is 0.350 e. The van der Waals surface area contributed by atoms with E-state index in [0.717, 1.165) is 5.56 Å². The molecule has 2 aromatic heterocycles. The van der Waals surface area contributed by atoms with Gasteiger partial charge >= 0.3 is 5.69 Å². The SMILES string of the molecule is Cn1c(N)c2ncn(Cc3ccccc3)c2nc1=O. The van der Waals surface area contributed by atoms with Gasteiger partial charge in [0.15, 0.2) is 5.65 Å². The highest BCUT2D eigenvalue weighted by atomic mass is 16.1. The number of hydrogen-bond acceptors (Lipinski definition) is 4. The third-order valence-electron chi connectivity index (χ3n) is 3.10. The number of fused-ring (bicyclic) bond motifs is 1. The van der Waals surface area contributed by atoms with E-state index in [2.05, 4.69) is 9.97 Å². The Kier molecular flexibility index (Phi) is 2.56. The molecule has 3 rings (SSSR count). The van der Waals surface area contributed by atoms with Gasteiger partial charge in [-0.05, 0) is 5.56 Å². The maximum absolute atomic E-state index is 11.7. The summed E-state index contributed by atoms with van der Waals surface area (Å²) in [5, 5.41) is 0. The second kappa shape index (κ2) is 4.24. The second-order valence-corrected chi connectivity index (χ2v) is 4.37. The third-order valence-corrected chi connectivity index (χ3v) is 3.10.